The summed E-state index contributed by atoms with van der Waals surface area (Å²) < 4.78 is 4.79. The summed E-state index contributed by atoms with van der Waals surface area (Å²) in [6, 6.07) is 7.81. The van der Waals surface area contributed by atoms with Gasteiger partial charge in [0, 0.05) is 5.69 Å². The molecule has 2 rings (SSSR count). The lowest BCUT2D eigenvalue weighted by atomic mass is 9.86. The standard InChI is InChI=1S/C15H18N2O2/c1-10-11(9-19-17-10)14(18)16-13-8-6-5-7-12(13)15(2,3)4/h5-9H,1-4H3,(H,16,18). The monoisotopic (exact) mass is 258 g/mol. The second kappa shape index (κ2) is 4.88. The summed E-state index contributed by atoms with van der Waals surface area (Å²) in [4.78, 5) is 12.2. The number of benzene rings is 1. The van der Waals surface area contributed by atoms with Crippen molar-refractivity contribution in [3.63, 3.8) is 0 Å². The van der Waals surface area contributed by atoms with Crippen LogP contribution in [0.15, 0.2) is 35.1 Å². The van der Waals surface area contributed by atoms with Crippen LogP contribution in [-0.2, 0) is 5.41 Å². The number of carbonyl (C=O) groups excluding carboxylic acids is 1. The molecule has 0 spiro atoms. The van der Waals surface area contributed by atoms with Crippen LogP contribution < -0.4 is 5.32 Å². The number of hydrogen-bond donors (Lipinski definition) is 1. The van der Waals surface area contributed by atoms with Crippen molar-refractivity contribution in [3.8, 4) is 0 Å². The van der Waals surface area contributed by atoms with Crippen molar-refractivity contribution in [3.05, 3.63) is 47.3 Å². The molecular weight excluding hydrogens is 240 g/mol. The molecule has 4 heteroatoms. The molecule has 1 N–H and O–H groups in total. The first-order valence-corrected chi connectivity index (χ1v) is 6.21. The Labute approximate surface area is 112 Å². The Bertz CT molecular complexity index is 594. The summed E-state index contributed by atoms with van der Waals surface area (Å²) in [6.45, 7) is 8.09. The molecule has 1 aromatic carbocycles. The third-order valence-corrected chi connectivity index (χ3v) is 2.98. The van der Waals surface area contributed by atoms with E-state index in [-0.39, 0.29) is 11.3 Å². The minimum Gasteiger partial charge on any atom is -0.364 e. The van der Waals surface area contributed by atoms with Gasteiger partial charge >= 0.3 is 0 Å². The van der Waals surface area contributed by atoms with Crippen molar-refractivity contribution in [2.45, 2.75) is 33.1 Å². The van der Waals surface area contributed by atoms with Gasteiger partial charge in [0.05, 0.1) is 5.69 Å². The number of hydrogen-bond acceptors (Lipinski definition) is 3. The van der Waals surface area contributed by atoms with Gasteiger partial charge in [-0.15, -0.1) is 0 Å². The Morgan fingerprint density at radius 2 is 1.95 bits per heavy atom. The summed E-state index contributed by atoms with van der Waals surface area (Å²) >= 11 is 0. The summed E-state index contributed by atoms with van der Waals surface area (Å²) in [5, 5.41) is 6.64. The smallest absolute Gasteiger partial charge is 0.260 e. The van der Waals surface area contributed by atoms with Gasteiger partial charge in [-0.2, -0.15) is 0 Å². The number of nitrogens with one attached hydrogen (secondary N) is 1. The van der Waals surface area contributed by atoms with Gasteiger partial charge in [0.25, 0.3) is 5.91 Å². The molecule has 0 fully saturated rings. The normalized spacial score (nSPS) is 11.4. The topological polar surface area (TPSA) is 55.1 Å². The van der Waals surface area contributed by atoms with E-state index in [1.54, 1.807) is 6.92 Å². The van der Waals surface area contributed by atoms with Gasteiger partial charge in [-0.05, 0) is 24.0 Å². The van der Waals surface area contributed by atoms with Crippen LogP contribution in [0.2, 0.25) is 0 Å². The lowest BCUT2D eigenvalue weighted by Gasteiger charge is -2.22. The quantitative estimate of drug-likeness (QED) is 0.896. The summed E-state index contributed by atoms with van der Waals surface area (Å²) in [5.41, 5.74) is 2.93. The van der Waals surface area contributed by atoms with E-state index >= 15 is 0 Å². The van der Waals surface area contributed by atoms with Crippen LogP contribution in [0, 0.1) is 6.92 Å². The zero-order chi connectivity index (χ0) is 14.0. The van der Waals surface area contributed by atoms with Crippen molar-refractivity contribution in [2.24, 2.45) is 0 Å². The number of nitrogens with zero attached hydrogens (tertiary/aromatic N) is 1. The molecule has 0 aliphatic rings. The lowest BCUT2D eigenvalue weighted by Crippen LogP contribution is -2.18. The molecule has 4 nitrogen and oxygen atoms in total. The van der Waals surface area contributed by atoms with Gasteiger partial charge in [-0.1, -0.05) is 44.1 Å². The number of carbonyl (C=O) groups is 1. The van der Waals surface area contributed by atoms with Gasteiger partial charge in [-0.3, -0.25) is 4.79 Å². The number of rotatable bonds is 2. The molecule has 0 aliphatic heterocycles. The number of aromatic nitrogens is 1. The summed E-state index contributed by atoms with van der Waals surface area (Å²) in [5.74, 6) is -0.199. The van der Waals surface area contributed by atoms with Gasteiger partial charge in [0.1, 0.15) is 11.8 Å². The number of amides is 1. The first kappa shape index (κ1) is 13.3. The van der Waals surface area contributed by atoms with E-state index in [0.29, 0.717) is 11.3 Å². The molecule has 2 aromatic rings. The minimum atomic E-state index is -0.199. The van der Waals surface area contributed by atoms with Crippen molar-refractivity contribution < 1.29 is 9.32 Å². The van der Waals surface area contributed by atoms with Crippen LogP contribution in [0.1, 0.15) is 42.4 Å². The Kier molecular flexibility index (Phi) is 3.42. The predicted molar refractivity (Wildman–Crippen MR) is 74.3 cm³/mol. The minimum absolute atomic E-state index is 0.0342. The van der Waals surface area contributed by atoms with E-state index < -0.39 is 0 Å². The lowest BCUT2D eigenvalue weighted by molar-refractivity contribution is 0.102. The van der Waals surface area contributed by atoms with Crippen LogP contribution in [0.5, 0.6) is 0 Å². The first-order valence-electron chi connectivity index (χ1n) is 6.21. The van der Waals surface area contributed by atoms with E-state index in [9.17, 15) is 4.79 Å². The predicted octanol–water partition coefficient (Wildman–Crippen LogP) is 3.53. The van der Waals surface area contributed by atoms with Gasteiger partial charge in [0.2, 0.25) is 0 Å². The van der Waals surface area contributed by atoms with Crippen LogP contribution in [0.25, 0.3) is 0 Å². The van der Waals surface area contributed by atoms with Crippen LogP contribution in [-0.4, -0.2) is 11.1 Å². The maximum atomic E-state index is 12.2. The number of aryl methyl sites for hydroxylation is 1. The molecule has 1 heterocycles. The highest BCUT2D eigenvalue weighted by Crippen LogP contribution is 2.29. The van der Waals surface area contributed by atoms with E-state index in [2.05, 4.69) is 31.2 Å². The highest BCUT2D eigenvalue weighted by atomic mass is 16.5. The fourth-order valence-electron chi connectivity index (χ4n) is 1.95. The molecule has 0 unspecified atom stereocenters. The Morgan fingerprint density at radius 1 is 1.26 bits per heavy atom. The molecule has 0 saturated carbocycles. The molecular formula is C15H18N2O2. The molecule has 0 saturated heterocycles. The second-order valence-corrected chi connectivity index (χ2v) is 5.56. The van der Waals surface area contributed by atoms with E-state index in [0.717, 1.165) is 11.3 Å². The zero-order valence-corrected chi connectivity index (χ0v) is 11.7. The third-order valence-electron chi connectivity index (χ3n) is 2.98. The van der Waals surface area contributed by atoms with Gasteiger partial charge < -0.3 is 9.84 Å². The van der Waals surface area contributed by atoms with E-state index in [1.165, 1.54) is 6.26 Å². The number of anilines is 1. The Hall–Kier alpha value is -2.10. The van der Waals surface area contributed by atoms with Crippen molar-refractivity contribution in [2.75, 3.05) is 5.32 Å². The van der Waals surface area contributed by atoms with Crippen molar-refractivity contribution >= 4 is 11.6 Å². The molecule has 1 amide bonds. The molecule has 100 valence electrons. The Balaban J connectivity index is 2.30. The average molecular weight is 258 g/mol. The highest BCUT2D eigenvalue weighted by molar-refractivity contribution is 6.05. The van der Waals surface area contributed by atoms with Crippen molar-refractivity contribution in [1.29, 1.82) is 0 Å². The molecule has 19 heavy (non-hydrogen) atoms. The van der Waals surface area contributed by atoms with E-state index in [4.69, 9.17) is 4.52 Å². The van der Waals surface area contributed by atoms with Gasteiger partial charge in [-0.25, -0.2) is 0 Å². The summed E-state index contributed by atoms with van der Waals surface area (Å²) in [7, 11) is 0. The molecule has 0 atom stereocenters. The SMILES string of the molecule is Cc1nocc1C(=O)Nc1ccccc1C(C)(C)C. The molecule has 1 aromatic heterocycles. The van der Waals surface area contributed by atoms with Crippen LogP contribution >= 0.6 is 0 Å². The summed E-state index contributed by atoms with van der Waals surface area (Å²) in [6.07, 6.45) is 1.37. The van der Waals surface area contributed by atoms with E-state index in [1.807, 2.05) is 24.3 Å². The number of para-hydroxylation sites is 1. The van der Waals surface area contributed by atoms with Crippen molar-refractivity contribution in [1.82, 2.24) is 5.16 Å². The highest BCUT2D eigenvalue weighted by Gasteiger charge is 2.20. The van der Waals surface area contributed by atoms with Gasteiger partial charge in [0.15, 0.2) is 0 Å². The average Bonchev–Trinajstić information content (AvgIpc) is 2.75. The first-order chi connectivity index (χ1) is 8.89. The van der Waals surface area contributed by atoms with Crippen LogP contribution in [0.4, 0.5) is 5.69 Å². The van der Waals surface area contributed by atoms with Crippen LogP contribution in [0.3, 0.4) is 0 Å². The maximum absolute atomic E-state index is 12.2. The molecule has 0 aliphatic carbocycles. The fourth-order valence-corrected chi connectivity index (χ4v) is 1.95. The Morgan fingerprint density at radius 3 is 2.53 bits per heavy atom. The molecule has 0 radical (unpaired) electrons. The zero-order valence-electron chi connectivity index (χ0n) is 11.7. The second-order valence-electron chi connectivity index (χ2n) is 5.56. The maximum Gasteiger partial charge on any atom is 0.260 e. The fraction of sp³-hybridized carbons (Fsp3) is 0.333. The largest absolute Gasteiger partial charge is 0.364 e. The third kappa shape index (κ3) is 2.84. The molecule has 0 bridgehead atoms.